The molecule has 1 N–H and O–H groups in total. The molecule has 1 rings (SSSR count). The first-order valence-electron chi connectivity index (χ1n) is 4.27. The molecule has 86 valence electrons. The van der Waals surface area contributed by atoms with Gasteiger partial charge in [0.2, 0.25) is 0 Å². The van der Waals surface area contributed by atoms with Gasteiger partial charge in [0.1, 0.15) is 4.60 Å². The second-order valence-corrected chi connectivity index (χ2v) is 8.18. The summed E-state index contributed by atoms with van der Waals surface area (Å²) in [6.07, 6.45) is 1.24. The lowest BCUT2D eigenvalue weighted by atomic mass is 10.2. The maximum absolute atomic E-state index is 11.4. The molecule has 0 aliphatic heterocycles. The van der Waals surface area contributed by atoms with Crippen molar-refractivity contribution in [3.8, 4) is 0 Å². The van der Waals surface area contributed by atoms with Crippen LogP contribution in [0, 0.1) is 0 Å². The zero-order valence-electron chi connectivity index (χ0n) is 8.74. The van der Waals surface area contributed by atoms with Gasteiger partial charge in [-0.2, -0.15) is 0 Å². The summed E-state index contributed by atoms with van der Waals surface area (Å²) in [5, 5.41) is 5.57. The molecule has 0 radical (unpaired) electrons. The third kappa shape index (κ3) is 3.42. The zero-order chi connectivity index (χ0) is 11.7. The van der Waals surface area contributed by atoms with Crippen LogP contribution in [0.15, 0.2) is 9.98 Å². The van der Waals surface area contributed by atoms with Crippen LogP contribution in [-0.4, -0.2) is 30.9 Å². The third-order valence-electron chi connectivity index (χ3n) is 2.15. The lowest BCUT2D eigenvalue weighted by Crippen LogP contribution is -2.38. The Morgan fingerprint density at radius 1 is 1.60 bits per heavy atom. The number of nitrogens with one attached hydrogen (secondary N) is 1. The van der Waals surface area contributed by atoms with Crippen LogP contribution in [0.3, 0.4) is 0 Å². The van der Waals surface area contributed by atoms with Gasteiger partial charge < -0.3 is 5.32 Å². The van der Waals surface area contributed by atoms with E-state index in [2.05, 4.69) is 26.2 Å². The fourth-order valence-electron chi connectivity index (χ4n) is 0.755. The van der Waals surface area contributed by atoms with Crippen molar-refractivity contribution < 1.29 is 8.42 Å². The average molecular weight is 313 g/mol. The number of hydrogen-bond donors (Lipinski definition) is 1. The Labute approximate surface area is 102 Å². The first-order chi connectivity index (χ1) is 6.72. The normalized spacial score (nSPS) is 12.8. The molecule has 0 bridgehead atoms. The van der Waals surface area contributed by atoms with Crippen molar-refractivity contribution in [2.45, 2.75) is 18.6 Å². The highest BCUT2D eigenvalue weighted by Gasteiger charge is 2.30. The van der Waals surface area contributed by atoms with Gasteiger partial charge in [-0.3, -0.25) is 0 Å². The van der Waals surface area contributed by atoms with Crippen molar-refractivity contribution in [2.24, 2.45) is 0 Å². The molecule has 1 heterocycles. The lowest BCUT2D eigenvalue weighted by molar-refractivity contribution is 0.560. The summed E-state index contributed by atoms with van der Waals surface area (Å²) in [6, 6.07) is 0. The van der Waals surface area contributed by atoms with Gasteiger partial charge in [0.15, 0.2) is 15.0 Å². The fourth-order valence-corrected chi connectivity index (χ4v) is 2.23. The van der Waals surface area contributed by atoms with Crippen molar-refractivity contribution in [3.05, 3.63) is 9.98 Å². The van der Waals surface area contributed by atoms with Crippen LogP contribution < -0.4 is 5.32 Å². The first kappa shape index (κ1) is 12.9. The number of aromatic nitrogens is 1. The number of sulfone groups is 1. The smallest absolute Gasteiger partial charge is 0.183 e. The van der Waals surface area contributed by atoms with Gasteiger partial charge in [0.25, 0.3) is 0 Å². The molecule has 0 spiro atoms. The Balaban J connectivity index is 2.65. The van der Waals surface area contributed by atoms with Crippen molar-refractivity contribution in [1.29, 1.82) is 0 Å². The van der Waals surface area contributed by atoms with E-state index in [1.807, 2.05) is 5.38 Å². The van der Waals surface area contributed by atoms with Gasteiger partial charge in [-0.05, 0) is 29.8 Å². The molecule has 0 unspecified atom stereocenters. The maximum Gasteiger partial charge on any atom is 0.183 e. The summed E-state index contributed by atoms with van der Waals surface area (Å²) in [5.74, 6) is 0. The molecule has 1 aromatic rings. The largest absolute Gasteiger partial charge is 0.360 e. The fraction of sp³-hybridized carbons (Fsp3) is 0.625. The number of nitrogens with zero attached hydrogens (tertiary/aromatic N) is 1. The van der Waals surface area contributed by atoms with E-state index in [1.54, 1.807) is 13.8 Å². The van der Waals surface area contributed by atoms with Gasteiger partial charge >= 0.3 is 0 Å². The summed E-state index contributed by atoms with van der Waals surface area (Å²) in [4.78, 5) is 4.13. The molecule has 0 atom stereocenters. The molecule has 0 amide bonds. The van der Waals surface area contributed by atoms with Crippen LogP contribution in [0.4, 0.5) is 5.13 Å². The minimum Gasteiger partial charge on any atom is -0.360 e. The van der Waals surface area contributed by atoms with Gasteiger partial charge in [0.05, 0.1) is 4.75 Å². The summed E-state index contributed by atoms with van der Waals surface area (Å²) in [5.41, 5.74) is 0. The number of rotatable bonds is 4. The standard InChI is InChI=1S/C8H13BrN2O2S2/c1-8(2,15(3,12)13)5-10-7-11-6(9)4-14-7/h4H,5H2,1-3H3,(H,10,11). The monoisotopic (exact) mass is 312 g/mol. The van der Waals surface area contributed by atoms with Crippen LogP contribution in [0.5, 0.6) is 0 Å². The quantitative estimate of drug-likeness (QED) is 0.925. The van der Waals surface area contributed by atoms with E-state index < -0.39 is 14.6 Å². The van der Waals surface area contributed by atoms with E-state index in [9.17, 15) is 8.42 Å². The van der Waals surface area contributed by atoms with E-state index in [-0.39, 0.29) is 0 Å². The zero-order valence-corrected chi connectivity index (χ0v) is 12.0. The number of hydrogen-bond acceptors (Lipinski definition) is 5. The molecule has 0 saturated carbocycles. The lowest BCUT2D eigenvalue weighted by Gasteiger charge is -2.22. The average Bonchev–Trinajstić information content (AvgIpc) is 2.46. The molecule has 4 nitrogen and oxygen atoms in total. The summed E-state index contributed by atoms with van der Waals surface area (Å²) < 4.78 is 22.8. The van der Waals surface area contributed by atoms with Crippen molar-refractivity contribution in [3.63, 3.8) is 0 Å². The molecular formula is C8H13BrN2O2S2. The molecular weight excluding hydrogens is 300 g/mol. The summed E-state index contributed by atoms with van der Waals surface area (Å²) >= 11 is 4.67. The Morgan fingerprint density at radius 2 is 2.20 bits per heavy atom. The van der Waals surface area contributed by atoms with E-state index in [4.69, 9.17) is 0 Å². The van der Waals surface area contributed by atoms with Crippen LogP contribution in [0.1, 0.15) is 13.8 Å². The van der Waals surface area contributed by atoms with E-state index in [0.29, 0.717) is 6.54 Å². The predicted octanol–water partition coefficient (Wildman–Crippen LogP) is 2.14. The Kier molecular flexibility index (Phi) is 3.78. The van der Waals surface area contributed by atoms with Crippen LogP contribution in [0.2, 0.25) is 0 Å². The molecule has 1 aromatic heterocycles. The van der Waals surface area contributed by atoms with Crippen molar-refractivity contribution >= 4 is 42.2 Å². The first-order valence-corrected chi connectivity index (χ1v) is 7.83. The van der Waals surface area contributed by atoms with Crippen LogP contribution in [-0.2, 0) is 9.84 Å². The molecule has 7 heteroatoms. The number of anilines is 1. The molecule has 0 aromatic carbocycles. The SMILES string of the molecule is CC(C)(CNc1nc(Br)cs1)S(C)(=O)=O. The van der Waals surface area contributed by atoms with Gasteiger partial charge in [-0.1, -0.05) is 0 Å². The molecule has 15 heavy (non-hydrogen) atoms. The maximum atomic E-state index is 11.4. The van der Waals surface area contributed by atoms with E-state index in [0.717, 1.165) is 9.73 Å². The Morgan fingerprint density at radius 3 is 2.60 bits per heavy atom. The number of thiazole rings is 1. The molecule has 0 aliphatic rings. The van der Waals surface area contributed by atoms with Gasteiger partial charge in [-0.25, -0.2) is 13.4 Å². The third-order valence-corrected chi connectivity index (χ3v) is 5.81. The Hall–Kier alpha value is -0.140. The summed E-state index contributed by atoms with van der Waals surface area (Å²) in [7, 11) is -3.06. The minimum atomic E-state index is -3.06. The second-order valence-electron chi connectivity index (χ2n) is 3.86. The highest BCUT2D eigenvalue weighted by molar-refractivity contribution is 9.10. The Bertz CT molecular complexity index is 439. The van der Waals surface area contributed by atoms with Crippen molar-refractivity contribution in [1.82, 2.24) is 4.98 Å². The minimum absolute atomic E-state index is 0.353. The van der Waals surface area contributed by atoms with E-state index >= 15 is 0 Å². The predicted molar refractivity (Wildman–Crippen MR) is 67.2 cm³/mol. The van der Waals surface area contributed by atoms with Crippen LogP contribution in [0.25, 0.3) is 0 Å². The van der Waals surface area contributed by atoms with Crippen LogP contribution >= 0.6 is 27.3 Å². The highest BCUT2D eigenvalue weighted by atomic mass is 79.9. The number of halogens is 1. The molecule has 0 fully saturated rings. The van der Waals surface area contributed by atoms with Crippen molar-refractivity contribution in [2.75, 3.05) is 18.1 Å². The second kappa shape index (κ2) is 4.39. The van der Waals surface area contributed by atoms with Gasteiger partial charge in [-0.15, -0.1) is 11.3 Å². The molecule has 0 aliphatic carbocycles. The topological polar surface area (TPSA) is 59.1 Å². The highest BCUT2D eigenvalue weighted by Crippen LogP contribution is 2.21. The van der Waals surface area contributed by atoms with Gasteiger partial charge in [0, 0.05) is 18.2 Å². The summed E-state index contributed by atoms with van der Waals surface area (Å²) in [6.45, 7) is 3.74. The molecule has 0 saturated heterocycles. The van der Waals surface area contributed by atoms with E-state index in [1.165, 1.54) is 17.6 Å².